The van der Waals surface area contributed by atoms with E-state index in [1.807, 2.05) is 0 Å². The normalized spacial score (nSPS) is 25.7. The molecule has 1 unspecified atom stereocenters. The molecule has 4 atom stereocenters. The highest BCUT2D eigenvalue weighted by molar-refractivity contribution is 5.88. The number of aliphatic hydroxyl groups is 1. The first-order valence-electron chi connectivity index (χ1n) is 8.50. The summed E-state index contributed by atoms with van der Waals surface area (Å²) in [6.07, 6.45) is 3.29. The summed E-state index contributed by atoms with van der Waals surface area (Å²) in [6, 6.07) is 8.40. The average Bonchev–Trinajstić information content (AvgIpc) is 2.50. The lowest BCUT2D eigenvalue weighted by Crippen LogP contribution is -3.20. The quantitative estimate of drug-likeness (QED) is 0.738. The van der Waals surface area contributed by atoms with Crippen LogP contribution in [0.25, 0.3) is 0 Å². The predicted molar refractivity (Wildman–Crippen MR) is 90.9 cm³/mol. The lowest BCUT2D eigenvalue weighted by molar-refractivity contribution is -0.954. The molecule has 1 aromatic carbocycles. The van der Waals surface area contributed by atoms with Crippen LogP contribution in [0.15, 0.2) is 24.3 Å². The topological polar surface area (TPSA) is 63.0 Å². The van der Waals surface area contributed by atoms with Crippen LogP contribution in [-0.4, -0.2) is 42.4 Å². The maximum atomic E-state index is 11.0. The molecule has 0 spiro atoms. The minimum absolute atomic E-state index is 0.0955. The molecule has 1 fully saturated rings. The molecule has 23 heavy (non-hydrogen) atoms. The molecule has 1 amide bonds. The van der Waals surface area contributed by atoms with Crippen molar-refractivity contribution in [2.45, 2.75) is 58.2 Å². The van der Waals surface area contributed by atoms with Gasteiger partial charge in [0.25, 0.3) is 0 Å². The number of carbonyl (C=O) groups is 1. The number of aliphatic hydroxyl groups excluding tert-OH is 1. The fraction of sp³-hybridized carbons (Fsp3) is 0.611. The Bertz CT molecular complexity index is 493. The number of carbonyl (C=O) groups excluding carboxylic acids is 1. The van der Waals surface area contributed by atoms with Gasteiger partial charge in [0.2, 0.25) is 5.91 Å². The standard InChI is InChI=1S/C18H28N2O3/c1-13-5-4-6-14(2)20(13)11-17(22)12-23-18-9-7-16(8-10-18)19-15(3)21/h7-10,13-14,17,22H,4-6,11-12H2,1-3H3,(H,19,21)/p+1/t13-,14+,17-/m0/s1. The van der Waals surface area contributed by atoms with E-state index in [4.69, 9.17) is 4.74 Å². The van der Waals surface area contributed by atoms with Crippen molar-refractivity contribution in [2.75, 3.05) is 18.5 Å². The Labute approximate surface area is 138 Å². The first kappa shape index (κ1) is 17.8. The number of rotatable bonds is 6. The highest BCUT2D eigenvalue weighted by Gasteiger charge is 2.30. The van der Waals surface area contributed by atoms with Gasteiger partial charge in [-0.15, -0.1) is 0 Å². The zero-order valence-corrected chi connectivity index (χ0v) is 14.3. The summed E-state index contributed by atoms with van der Waals surface area (Å²) in [5.41, 5.74) is 0.741. The number of hydrogen-bond acceptors (Lipinski definition) is 3. The molecule has 0 aliphatic carbocycles. The molecule has 1 heterocycles. The van der Waals surface area contributed by atoms with E-state index < -0.39 is 6.10 Å². The Morgan fingerprint density at radius 3 is 2.48 bits per heavy atom. The molecule has 0 bridgehead atoms. The molecule has 128 valence electrons. The van der Waals surface area contributed by atoms with Crippen molar-refractivity contribution < 1.29 is 19.5 Å². The highest BCUT2D eigenvalue weighted by atomic mass is 16.5. The van der Waals surface area contributed by atoms with Crippen molar-refractivity contribution in [2.24, 2.45) is 0 Å². The van der Waals surface area contributed by atoms with Gasteiger partial charge in [0.05, 0.1) is 12.1 Å². The fourth-order valence-electron chi connectivity index (χ4n) is 3.35. The van der Waals surface area contributed by atoms with Crippen LogP contribution in [0.5, 0.6) is 5.75 Å². The molecule has 1 aromatic rings. The van der Waals surface area contributed by atoms with Crippen LogP contribution in [0.1, 0.15) is 40.0 Å². The second kappa shape index (κ2) is 8.31. The molecule has 3 N–H and O–H groups in total. The molecule has 0 radical (unpaired) electrons. The third kappa shape index (κ3) is 5.52. The zero-order valence-electron chi connectivity index (χ0n) is 14.3. The summed E-state index contributed by atoms with van der Waals surface area (Å²) in [6.45, 7) is 7.03. The molecule has 2 rings (SSSR count). The number of benzene rings is 1. The van der Waals surface area contributed by atoms with Gasteiger partial charge in [-0.3, -0.25) is 4.79 Å². The second-order valence-corrected chi connectivity index (χ2v) is 6.68. The van der Waals surface area contributed by atoms with Gasteiger partial charge < -0.3 is 20.1 Å². The number of anilines is 1. The van der Waals surface area contributed by atoms with Crippen molar-refractivity contribution in [1.29, 1.82) is 0 Å². The number of amides is 1. The van der Waals surface area contributed by atoms with Crippen molar-refractivity contribution in [3.05, 3.63) is 24.3 Å². The van der Waals surface area contributed by atoms with E-state index in [2.05, 4.69) is 19.2 Å². The Morgan fingerprint density at radius 1 is 1.30 bits per heavy atom. The first-order chi connectivity index (χ1) is 11.0. The molecule has 0 aromatic heterocycles. The van der Waals surface area contributed by atoms with Gasteiger partial charge >= 0.3 is 0 Å². The average molecular weight is 321 g/mol. The fourth-order valence-corrected chi connectivity index (χ4v) is 3.35. The van der Waals surface area contributed by atoms with Crippen LogP contribution in [-0.2, 0) is 4.79 Å². The van der Waals surface area contributed by atoms with Crippen molar-refractivity contribution >= 4 is 11.6 Å². The number of piperidine rings is 1. The van der Waals surface area contributed by atoms with E-state index in [-0.39, 0.29) is 5.91 Å². The third-order valence-corrected chi connectivity index (χ3v) is 4.63. The number of likely N-dealkylation sites (tertiary alicyclic amines) is 1. The van der Waals surface area contributed by atoms with Gasteiger partial charge in [-0.1, -0.05) is 0 Å². The van der Waals surface area contributed by atoms with Crippen molar-refractivity contribution in [1.82, 2.24) is 0 Å². The largest absolute Gasteiger partial charge is 0.491 e. The monoisotopic (exact) mass is 321 g/mol. The van der Waals surface area contributed by atoms with Gasteiger partial charge in [-0.2, -0.15) is 0 Å². The lowest BCUT2D eigenvalue weighted by atomic mass is 9.97. The maximum absolute atomic E-state index is 11.0. The van der Waals surface area contributed by atoms with Crippen LogP contribution < -0.4 is 15.0 Å². The Morgan fingerprint density at radius 2 is 1.91 bits per heavy atom. The highest BCUT2D eigenvalue weighted by Crippen LogP contribution is 2.15. The van der Waals surface area contributed by atoms with E-state index in [1.54, 1.807) is 24.3 Å². The van der Waals surface area contributed by atoms with Gasteiger partial charge in [-0.05, 0) is 57.4 Å². The van der Waals surface area contributed by atoms with Crippen molar-refractivity contribution in [3.8, 4) is 5.75 Å². The van der Waals surface area contributed by atoms with Crippen LogP contribution in [0, 0.1) is 0 Å². The zero-order chi connectivity index (χ0) is 16.8. The first-order valence-corrected chi connectivity index (χ1v) is 8.50. The smallest absolute Gasteiger partial charge is 0.221 e. The van der Waals surface area contributed by atoms with Crippen molar-refractivity contribution in [3.63, 3.8) is 0 Å². The lowest BCUT2D eigenvalue weighted by Gasteiger charge is -2.36. The summed E-state index contributed by atoms with van der Waals surface area (Å²) in [5, 5.41) is 13.0. The third-order valence-electron chi connectivity index (χ3n) is 4.63. The molecule has 1 aliphatic heterocycles. The summed E-state index contributed by atoms with van der Waals surface area (Å²) < 4.78 is 5.66. The van der Waals surface area contributed by atoms with E-state index in [9.17, 15) is 9.90 Å². The Kier molecular flexibility index (Phi) is 6.42. The molecular weight excluding hydrogens is 292 g/mol. The molecule has 1 aliphatic rings. The number of quaternary nitrogens is 1. The minimum Gasteiger partial charge on any atom is -0.491 e. The summed E-state index contributed by atoms with van der Waals surface area (Å²) in [4.78, 5) is 12.5. The molecule has 5 heteroatoms. The van der Waals surface area contributed by atoms with E-state index in [0.29, 0.717) is 24.4 Å². The number of nitrogens with one attached hydrogen (secondary N) is 2. The summed E-state index contributed by atoms with van der Waals surface area (Å²) >= 11 is 0. The van der Waals surface area contributed by atoms with Crippen LogP contribution in [0.3, 0.4) is 0 Å². The van der Waals surface area contributed by atoms with Crippen LogP contribution in [0.4, 0.5) is 5.69 Å². The minimum atomic E-state index is -0.469. The van der Waals surface area contributed by atoms with Crippen LogP contribution >= 0.6 is 0 Å². The molecule has 1 saturated heterocycles. The summed E-state index contributed by atoms with van der Waals surface area (Å²) in [5.74, 6) is 0.606. The van der Waals surface area contributed by atoms with Gasteiger partial charge in [0, 0.05) is 12.6 Å². The SMILES string of the molecule is CC(=O)Nc1ccc(OC[C@@H](O)C[NH+]2[C@H](C)CCC[C@@H]2C)cc1. The van der Waals surface area contributed by atoms with Gasteiger partial charge in [-0.25, -0.2) is 0 Å². The molecular formula is C18H29N2O3+. The predicted octanol–water partition coefficient (Wildman–Crippen LogP) is 1.23. The summed E-state index contributed by atoms with van der Waals surface area (Å²) in [7, 11) is 0. The Hall–Kier alpha value is -1.59. The second-order valence-electron chi connectivity index (χ2n) is 6.68. The molecule has 5 nitrogen and oxygen atoms in total. The van der Waals surface area contributed by atoms with Crippen LogP contribution in [0.2, 0.25) is 0 Å². The van der Waals surface area contributed by atoms with E-state index in [0.717, 1.165) is 12.2 Å². The number of ether oxygens (including phenoxy) is 1. The van der Waals surface area contributed by atoms with E-state index >= 15 is 0 Å². The van der Waals surface area contributed by atoms with Gasteiger partial charge in [0.15, 0.2) is 0 Å². The molecule has 0 saturated carbocycles. The number of hydrogen-bond donors (Lipinski definition) is 3. The Balaban J connectivity index is 1.79. The van der Waals surface area contributed by atoms with Gasteiger partial charge in [0.1, 0.15) is 25.0 Å². The van der Waals surface area contributed by atoms with E-state index in [1.165, 1.54) is 31.1 Å². The maximum Gasteiger partial charge on any atom is 0.221 e.